The average Bonchev–Trinajstić information content (AvgIpc) is 3.18. The molecular formula is C18H19ClFN3O5. The maximum atomic E-state index is 13.1. The van der Waals surface area contributed by atoms with E-state index < -0.39 is 47.8 Å². The van der Waals surface area contributed by atoms with E-state index in [1.807, 2.05) is 0 Å². The molecule has 3 rings (SSSR count). The van der Waals surface area contributed by atoms with Crippen LogP contribution in [0, 0.1) is 5.82 Å². The number of nitrogens with one attached hydrogen (secondary N) is 2. The van der Waals surface area contributed by atoms with Crippen molar-refractivity contribution in [3.8, 4) is 0 Å². The van der Waals surface area contributed by atoms with Crippen molar-refractivity contribution >= 4 is 41.1 Å². The average molecular weight is 412 g/mol. The van der Waals surface area contributed by atoms with Crippen molar-refractivity contribution in [1.82, 2.24) is 10.2 Å². The molecule has 28 heavy (non-hydrogen) atoms. The minimum atomic E-state index is -1.21. The van der Waals surface area contributed by atoms with Gasteiger partial charge in [-0.1, -0.05) is 24.4 Å². The fourth-order valence-electron chi connectivity index (χ4n) is 3.38. The zero-order valence-corrected chi connectivity index (χ0v) is 15.8. The van der Waals surface area contributed by atoms with Gasteiger partial charge in [0, 0.05) is 0 Å². The van der Waals surface area contributed by atoms with Crippen LogP contribution in [0.2, 0.25) is 5.02 Å². The number of esters is 1. The molecule has 1 saturated carbocycles. The Hall–Kier alpha value is -2.68. The normalized spacial score (nSPS) is 18.9. The Morgan fingerprint density at radius 2 is 2.04 bits per heavy atom. The maximum Gasteiger partial charge on any atom is 0.327 e. The standard InChI is InChI=1S/C18H19ClFN3O5/c1-10(15(25)21-13-5-4-11(20)8-12(13)19)28-14(24)9-23-16(26)18(22-17(23)27)6-2-3-7-18/h4-5,8,10H,2-3,6-7,9H2,1H3,(H,21,25)(H,22,27)/t10-/m1/s1. The molecule has 0 bridgehead atoms. The number of urea groups is 1. The summed E-state index contributed by atoms with van der Waals surface area (Å²) in [6, 6.07) is 2.79. The van der Waals surface area contributed by atoms with E-state index >= 15 is 0 Å². The third-order valence-corrected chi connectivity index (χ3v) is 5.17. The summed E-state index contributed by atoms with van der Waals surface area (Å²) in [5.41, 5.74) is -0.757. The molecule has 1 aliphatic carbocycles. The number of halogens is 2. The minimum absolute atomic E-state index is 0.00641. The van der Waals surface area contributed by atoms with Gasteiger partial charge in [-0.3, -0.25) is 19.3 Å². The summed E-state index contributed by atoms with van der Waals surface area (Å²) >= 11 is 5.84. The Morgan fingerprint density at radius 3 is 2.68 bits per heavy atom. The van der Waals surface area contributed by atoms with E-state index in [1.165, 1.54) is 13.0 Å². The summed E-state index contributed by atoms with van der Waals surface area (Å²) in [5.74, 6) is -2.59. The summed E-state index contributed by atoms with van der Waals surface area (Å²) in [6.45, 7) is 0.746. The van der Waals surface area contributed by atoms with Crippen LogP contribution in [0.4, 0.5) is 14.9 Å². The van der Waals surface area contributed by atoms with Gasteiger partial charge in [0.25, 0.3) is 11.8 Å². The van der Waals surface area contributed by atoms with Crippen molar-refractivity contribution in [3.05, 3.63) is 29.0 Å². The fraction of sp³-hybridized carbons (Fsp3) is 0.444. The maximum absolute atomic E-state index is 13.1. The first kappa shape index (κ1) is 20.1. The zero-order chi connectivity index (χ0) is 20.5. The second kappa shape index (κ2) is 7.75. The van der Waals surface area contributed by atoms with E-state index in [0.29, 0.717) is 12.8 Å². The van der Waals surface area contributed by atoms with Crippen LogP contribution in [-0.2, 0) is 19.1 Å². The first-order chi connectivity index (χ1) is 13.2. The molecule has 1 aromatic carbocycles. The molecule has 2 fully saturated rings. The molecule has 1 aromatic rings. The predicted octanol–water partition coefficient (Wildman–Crippen LogP) is 2.21. The monoisotopic (exact) mass is 411 g/mol. The minimum Gasteiger partial charge on any atom is -0.451 e. The van der Waals surface area contributed by atoms with E-state index in [4.69, 9.17) is 16.3 Å². The second-order valence-corrected chi connectivity index (χ2v) is 7.26. The second-order valence-electron chi connectivity index (χ2n) is 6.86. The molecule has 1 spiro atoms. The van der Waals surface area contributed by atoms with Crippen LogP contribution >= 0.6 is 11.6 Å². The van der Waals surface area contributed by atoms with Crippen LogP contribution in [-0.4, -0.2) is 46.9 Å². The number of imide groups is 1. The van der Waals surface area contributed by atoms with Gasteiger partial charge < -0.3 is 15.4 Å². The highest BCUT2D eigenvalue weighted by atomic mass is 35.5. The molecule has 2 N–H and O–H groups in total. The van der Waals surface area contributed by atoms with Crippen molar-refractivity contribution in [2.24, 2.45) is 0 Å². The van der Waals surface area contributed by atoms with Gasteiger partial charge in [-0.05, 0) is 38.0 Å². The SMILES string of the molecule is C[C@@H](OC(=O)CN1C(=O)NC2(CCCC2)C1=O)C(=O)Nc1ccc(F)cc1Cl. The van der Waals surface area contributed by atoms with E-state index in [-0.39, 0.29) is 10.7 Å². The Labute approximate surface area is 165 Å². The Morgan fingerprint density at radius 1 is 1.36 bits per heavy atom. The van der Waals surface area contributed by atoms with Crippen molar-refractivity contribution < 1.29 is 28.3 Å². The van der Waals surface area contributed by atoms with Crippen LogP contribution < -0.4 is 10.6 Å². The number of benzene rings is 1. The number of carbonyl (C=O) groups excluding carboxylic acids is 4. The lowest BCUT2D eigenvalue weighted by Gasteiger charge is -2.20. The van der Waals surface area contributed by atoms with Gasteiger partial charge in [0.1, 0.15) is 17.9 Å². The number of amides is 4. The lowest BCUT2D eigenvalue weighted by molar-refractivity contribution is -0.155. The van der Waals surface area contributed by atoms with Gasteiger partial charge in [0.2, 0.25) is 0 Å². The largest absolute Gasteiger partial charge is 0.451 e. The molecule has 1 aliphatic heterocycles. The molecule has 150 valence electrons. The molecule has 1 heterocycles. The number of anilines is 1. The summed E-state index contributed by atoms with van der Waals surface area (Å²) in [7, 11) is 0. The van der Waals surface area contributed by atoms with Gasteiger partial charge in [-0.15, -0.1) is 0 Å². The van der Waals surface area contributed by atoms with Gasteiger partial charge >= 0.3 is 12.0 Å². The Kier molecular flexibility index (Phi) is 5.55. The van der Waals surface area contributed by atoms with E-state index in [2.05, 4.69) is 10.6 Å². The molecular weight excluding hydrogens is 393 g/mol. The third-order valence-electron chi connectivity index (χ3n) is 4.86. The van der Waals surface area contributed by atoms with Crippen LogP contribution in [0.1, 0.15) is 32.6 Å². The van der Waals surface area contributed by atoms with Crippen LogP contribution in [0.5, 0.6) is 0 Å². The number of carbonyl (C=O) groups is 4. The van der Waals surface area contributed by atoms with Crippen molar-refractivity contribution in [2.45, 2.75) is 44.2 Å². The zero-order valence-electron chi connectivity index (χ0n) is 15.1. The quantitative estimate of drug-likeness (QED) is 0.571. The number of ether oxygens (including phenoxy) is 1. The fourth-order valence-corrected chi connectivity index (χ4v) is 3.59. The molecule has 10 heteroatoms. The highest BCUT2D eigenvalue weighted by molar-refractivity contribution is 6.33. The molecule has 8 nitrogen and oxygen atoms in total. The van der Waals surface area contributed by atoms with Crippen LogP contribution in [0.25, 0.3) is 0 Å². The number of hydrogen-bond donors (Lipinski definition) is 2. The molecule has 0 unspecified atom stereocenters. The number of rotatable bonds is 5. The Balaban J connectivity index is 1.56. The molecule has 1 atom stereocenters. The van der Waals surface area contributed by atoms with Crippen molar-refractivity contribution in [1.29, 1.82) is 0 Å². The van der Waals surface area contributed by atoms with Gasteiger partial charge in [-0.2, -0.15) is 0 Å². The number of nitrogens with zero attached hydrogens (tertiary/aromatic N) is 1. The first-order valence-corrected chi connectivity index (χ1v) is 9.19. The van der Waals surface area contributed by atoms with Crippen LogP contribution in [0.15, 0.2) is 18.2 Å². The van der Waals surface area contributed by atoms with Gasteiger partial charge in [0.05, 0.1) is 10.7 Å². The third kappa shape index (κ3) is 3.94. The van der Waals surface area contributed by atoms with Gasteiger partial charge in [0.15, 0.2) is 6.10 Å². The lowest BCUT2D eigenvalue weighted by atomic mass is 9.98. The summed E-state index contributed by atoms with van der Waals surface area (Å²) in [4.78, 5) is 49.7. The van der Waals surface area contributed by atoms with Gasteiger partial charge in [-0.25, -0.2) is 9.18 Å². The topological polar surface area (TPSA) is 105 Å². The summed E-state index contributed by atoms with van der Waals surface area (Å²) in [5, 5.41) is 5.07. The number of hydrogen-bond acceptors (Lipinski definition) is 5. The molecule has 0 radical (unpaired) electrons. The van der Waals surface area contributed by atoms with E-state index in [0.717, 1.165) is 29.9 Å². The molecule has 2 aliphatic rings. The highest BCUT2D eigenvalue weighted by Gasteiger charge is 2.52. The van der Waals surface area contributed by atoms with Crippen molar-refractivity contribution in [3.63, 3.8) is 0 Å². The predicted molar refractivity (Wildman–Crippen MR) is 97.0 cm³/mol. The Bertz CT molecular complexity index is 841. The van der Waals surface area contributed by atoms with Crippen molar-refractivity contribution in [2.75, 3.05) is 11.9 Å². The molecule has 1 saturated heterocycles. The van der Waals surface area contributed by atoms with Crippen LogP contribution in [0.3, 0.4) is 0 Å². The lowest BCUT2D eigenvalue weighted by Crippen LogP contribution is -2.44. The summed E-state index contributed by atoms with van der Waals surface area (Å²) < 4.78 is 18.1. The first-order valence-electron chi connectivity index (χ1n) is 8.81. The highest BCUT2D eigenvalue weighted by Crippen LogP contribution is 2.35. The summed E-state index contributed by atoms with van der Waals surface area (Å²) in [6.07, 6.45) is 1.52. The molecule has 4 amide bonds. The molecule has 0 aromatic heterocycles. The smallest absolute Gasteiger partial charge is 0.327 e. The van der Waals surface area contributed by atoms with E-state index in [9.17, 15) is 23.6 Å². The van der Waals surface area contributed by atoms with E-state index in [1.54, 1.807) is 0 Å².